The van der Waals surface area contributed by atoms with Gasteiger partial charge in [-0.15, -0.1) is 0 Å². The number of likely N-dealkylation sites (tertiary alicyclic amines) is 1. The first kappa shape index (κ1) is 20.7. The summed E-state index contributed by atoms with van der Waals surface area (Å²) in [7, 11) is 1.51. The smallest absolute Gasteiger partial charge is 0.434 e. The summed E-state index contributed by atoms with van der Waals surface area (Å²) in [5, 5.41) is 2.92. The molecule has 27 heavy (non-hydrogen) atoms. The number of carbonyl (C=O) groups excluding carboxylic acids is 3. The minimum absolute atomic E-state index is 0.00473. The van der Waals surface area contributed by atoms with Crippen molar-refractivity contribution >= 4 is 18.0 Å². The molecular weight excluding hydrogens is 352 g/mol. The second-order valence-electron chi connectivity index (χ2n) is 6.28. The van der Waals surface area contributed by atoms with Gasteiger partial charge in [0.1, 0.15) is 12.4 Å². The Morgan fingerprint density at radius 2 is 1.81 bits per heavy atom. The fourth-order valence-electron chi connectivity index (χ4n) is 2.86. The standard InChI is InChI=1S/C19H26N2O6/c1-3-26-19(24)27-16-6-4-15(5-7-16)18(23)20-12-14-8-10-21(11-9-14)17(22)13-25-2/h4-7,14H,3,8-13H2,1-2H3,(H,20,23). The van der Waals surface area contributed by atoms with E-state index in [4.69, 9.17) is 14.2 Å². The molecule has 8 nitrogen and oxygen atoms in total. The Balaban J connectivity index is 1.74. The first-order valence-corrected chi connectivity index (χ1v) is 9.03. The molecule has 1 aromatic rings. The largest absolute Gasteiger partial charge is 0.513 e. The van der Waals surface area contributed by atoms with E-state index in [1.807, 2.05) is 0 Å². The zero-order chi connectivity index (χ0) is 19.6. The van der Waals surface area contributed by atoms with Gasteiger partial charge in [-0.05, 0) is 49.9 Å². The van der Waals surface area contributed by atoms with E-state index in [1.54, 1.807) is 36.1 Å². The van der Waals surface area contributed by atoms with Crippen LogP contribution in [0.15, 0.2) is 24.3 Å². The third-order valence-electron chi connectivity index (χ3n) is 4.37. The molecule has 2 rings (SSSR count). The maximum Gasteiger partial charge on any atom is 0.513 e. The second-order valence-corrected chi connectivity index (χ2v) is 6.28. The highest BCUT2D eigenvalue weighted by Gasteiger charge is 2.23. The predicted molar refractivity (Wildman–Crippen MR) is 97.6 cm³/mol. The number of amides is 2. The van der Waals surface area contributed by atoms with Crippen LogP contribution in [-0.4, -0.2) is 62.8 Å². The third-order valence-corrected chi connectivity index (χ3v) is 4.37. The molecule has 1 saturated heterocycles. The van der Waals surface area contributed by atoms with Crippen LogP contribution in [0, 0.1) is 5.92 Å². The van der Waals surface area contributed by atoms with Crippen molar-refractivity contribution in [3.05, 3.63) is 29.8 Å². The molecule has 148 valence electrons. The molecule has 2 amide bonds. The monoisotopic (exact) mass is 378 g/mol. The number of methoxy groups -OCH3 is 1. The van der Waals surface area contributed by atoms with Crippen molar-refractivity contribution in [3.63, 3.8) is 0 Å². The van der Waals surface area contributed by atoms with Crippen molar-refractivity contribution in [3.8, 4) is 5.75 Å². The van der Waals surface area contributed by atoms with Gasteiger partial charge in [-0.2, -0.15) is 0 Å². The molecule has 1 aliphatic rings. The first-order chi connectivity index (χ1) is 13.0. The van der Waals surface area contributed by atoms with Gasteiger partial charge in [-0.25, -0.2) is 4.79 Å². The molecule has 0 bridgehead atoms. The molecule has 1 aliphatic heterocycles. The molecule has 0 spiro atoms. The van der Waals surface area contributed by atoms with Gasteiger partial charge in [0.2, 0.25) is 5.91 Å². The van der Waals surface area contributed by atoms with Crippen LogP contribution in [0.3, 0.4) is 0 Å². The van der Waals surface area contributed by atoms with Crippen LogP contribution >= 0.6 is 0 Å². The lowest BCUT2D eigenvalue weighted by atomic mass is 9.96. The zero-order valence-corrected chi connectivity index (χ0v) is 15.7. The van der Waals surface area contributed by atoms with Crippen LogP contribution in [0.25, 0.3) is 0 Å². The lowest BCUT2D eigenvalue weighted by molar-refractivity contribution is -0.136. The van der Waals surface area contributed by atoms with E-state index in [0.29, 0.717) is 36.9 Å². The summed E-state index contributed by atoms with van der Waals surface area (Å²) in [6.45, 7) is 3.96. The molecule has 1 aromatic carbocycles. The fraction of sp³-hybridized carbons (Fsp3) is 0.526. The van der Waals surface area contributed by atoms with Crippen molar-refractivity contribution < 1.29 is 28.6 Å². The Morgan fingerprint density at radius 1 is 1.15 bits per heavy atom. The highest BCUT2D eigenvalue weighted by atomic mass is 16.7. The first-order valence-electron chi connectivity index (χ1n) is 9.03. The molecule has 1 heterocycles. The van der Waals surface area contributed by atoms with Crippen molar-refractivity contribution in [2.45, 2.75) is 19.8 Å². The van der Waals surface area contributed by atoms with Gasteiger partial charge >= 0.3 is 6.16 Å². The maximum atomic E-state index is 12.3. The summed E-state index contributed by atoms with van der Waals surface area (Å²) < 4.78 is 14.5. The second kappa shape index (κ2) is 10.5. The Kier molecular flexibility index (Phi) is 8.06. The van der Waals surface area contributed by atoms with E-state index in [-0.39, 0.29) is 25.0 Å². The fourth-order valence-corrected chi connectivity index (χ4v) is 2.86. The molecule has 1 N–H and O–H groups in total. The summed E-state index contributed by atoms with van der Waals surface area (Å²) in [5.74, 6) is 0.478. The average molecular weight is 378 g/mol. The van der Waals surface area contributed by atoms with Gasteiger partial charge in [0.25, 0.3) is 5.91 Å². The van der Waals surface area contributed by atoms with E-state index in [0.717, 1.165) is 12.8 Å². The normalized spacial score (nSPS) is 14.5. The van der Waals surface area contributed by atoms with Gasteiger partial charge in [-0.3, -0.25) is 9.59 Å². The van der Waals surface area contributed by atoms with Gasteiger partial charge < -0.3 is 24.4 Å². The molecular formula is C19H26N2O6. The number of nitrogens with one attached hydrogen (secondary N) is 1. The third kappa shape index (κ3) is 6.56. The quantitative estimate of drug-likeness (QED) is 0.575. The van der Waals surface area contributed by atoms with Crippen molar-refractivity contribution in [1.29, 1.82) is 0 Å². The van der Waals surface area contributed by atoms with Gasteiger partial charge in [-0.1, -0.05) is 0 Å². The van der Waals surface area contributed by atoms with Crippen molar-refractivity contribution in [1.82, 2.24) is 10.2 Å². The molecule has 0 unspecified atom stereocenters. The Bertz CT molecular complexity index is 638. The van der Waals surface area contributed by atoms with E-state index in [2.05, 4.69) is 5.32 Å². The van der Waals surface area contributed by atoms with Crippen molar-refractivity contribution in [2.75, 3.05) is 40.0 Å². The van der Waals surface area contributed by atoms with Gasteiger partial charge in [0.15, 0.2) is 0 Å². The topological polar surface area (TPSA) is 94.2 Å². The molecule has 1 fully saturated rings. The number of carbonyl (C=O) groups is 3. The number of nitrogens with zero attached hydrogens (tertiary/aromatic N) is 1. The molecule has 0 saturated carbocycles. The predicted octanol–water partition coefficient (Wildman–Crippen LogP) is 1.84. The number of ether oxygens (including phenoxy) is 3. The SMILES string of the molecule is CCOC(=O)Oc1ccc(C(=O)NCC2CCN(C(=O)COC)CC2)cc1. The lowest BCUT2D eigenvalue weighted by Crippen LogP contribution is -2.42. The van der Waals surface area contributed by atoms with E-state index < -0.39 is 6.16 Å². The van der Waals surface area contributed by atoms with Crippen LogP contribution in [-0.2, 0) is 14.3 Å². The maximum absolute atomic E-state index is 12.3. The molecule has 0 radical (unpaired) electrons. The number of rotatable bonds is 7. The summed E-state index contributed by atoms with van der Waals surface area (Å²) in [6, 6.07) is 6.28. The Hall–Kier alpha value is -2.61. The van der Waals surface area contributed by atoms with Crippen LogP contribution in [0.1, 0.15) is 30.1 Å². The van der Waals surface area contributed by atoms with Gasteiger partial charge in [0.05, 0.1) is 6.61 Å². The minimum Gasteiger partial charge on any atom is -0.434 e. The number of hydrogen-bond acceptors (Lipinski definition) is 6. The number of benzene rings is 1. The molecule has 0 aromatic heterocycles. The summed E-state index contributed by atoms with van der Waals surface area (Å²) in [6.07, 6.45) is 0.925. The summed E-state index contributed by atoms with van der Waals surface area (Å²) >= 11 is 0. The Morgan fingerprint density at radius 3 is 2.41 bits per heavy atom. The molecule has 8 heteroatoms. The zero-order valence-electron chi connectivity index (χ0n) is 15.7. The Labute approximate surface area is 158 Å². The summed E-state index contributed by atoms with van der Waals surface area (Å²) in [4.78, 5) is 37.1. The van der Waals surface area contributed by atoms with E-state index >= 15 is 0 Å². The summed E-state index contributed by atoms with van der Waals surface area (Å²) in [5.41, 5.74) is 0.485. The number of hydrogen-bond donors (Lipinski definition) is 1. The van der Waals surface area contributed by atoms with Crippen LogP contribution < -0.4 is 10.1 Å². The average Bonchev–Trinajstić information content (AvgIpc) is 2.67. The molecule has 0 atom stereocenters. The highest BCUT2D eigenvalue weighted by molar-refractivity contribution is 5.94. The van der Waals surface area contributed by atoms with E-state index in [1.165, 1.54) is 7.11 Å². The highest BCUT2D eigenvalue weighted by Crippen LogP contribution is 2.17. The van der Waals surface area contributed by atoms with Crippen LogP contribution in [0.2, 0.25) is 0 Å². The lowest BCUT2D eigenvalue weighted by Gasteiger charge is -2.32. The van der Waals surface area contributed by atoms with Crippen LogP contribution in [0.5, 0.6) is 5.75 Å². The van der Waals surface area contributed by atoms with E-state index in [9.17, 15) is 14.4 Å². The minimum atomic E-state index is -0.773. The molecule has 0 aliphatic carbocycles. The number of piperidine rings is 1. The van der Waals surface area contributed by atoms with Crippen LogP contribution in [0.4, 0.5) is 4.79 Å². The van der Waals surface area contributed by atoms with Gasteiger partial charge in [0, 0.05) is 32.3 Å². The van der Waals surface area contributed by atoms with Crippen molar-refractivity contribution in [2.24, 2.45) is 5.92 Å².